The minimum absolute atomic E-state index is 0.288. The molecular weight excluding hydrogens is 359 g/mol. The molecule has 9 heteroatoms. The molecule has 1 aliphatic rings. The zero-order chi connectivity index (χ0) is 18.9. The summed E-state index contributed by atoms with van der Waals surface area (Å²) in [6.07, 6.45) is 0.749. The molecule has 2 heterocycles. The highest BCUT2D eigenvalue weighted by molar-refractivity contribution is 5.37. The van der Waals surface area contributed by atoms with E-state index in [1.165, 1.54) is 10.7 Å². The van der Waals surface area contributed by atoms with Crippen LogP contribution in [0.2, 0.25) is 0 Å². The maximum Gasteiger partial charge on any atom is 0.416 e. The number of nitrogens with one attached hydrogen (secondary N) is 1. The Hall–Kier alpha value is -2.68. The maximum atomic E-state index is 13.1. The van der Waals surface area contributed by atoms with Gasteiger partial charge in [0.1, 0.15) is 5.76 Å². The summed E-state index contributed by atoms with van der Waals surface area (Å²) in [6.45, 7) is 0.489. The molecule has 4 rings (SSSR count). The number of hydrogen-bond acceptors (Lipinski definition) is 5. The molecule has 27 heavy (non-hydrogen) atoms. The number of rotatable bonds is 5. The number of nitrogens with zero attached hydrogens (tertiary/aromatic N) is 4. The van der Waals surface area contributed by atoms with E-state index in [4.69, 9.17) is 4.42 Å². The standard InChI is InChI=1S/C18H18F3N5O/c19-18(20,21)13-5-3-6-14(11-13)26-16(23-24-25-26)17(8-1-2-9-17)22-12-15-7-4-10-27-15/h3-7,10-11,22H,1-2,8-9,12H2. The molecule has 0 bridgehead atoms. The molecule has 0 radical (unpaired) electrons. The molecule has 6 nitrogen and oxygen atoms in total. The second-order valence-corrected chi connectivity index (χ2v) is 6.68. The van der Waals surface area contributed by atoms with E-state index in [9.17, 15) is 13.2 Å². The van der Waals surface area contributed by atoms with Gasteiger partial charge in [0.2, 0.25) is 0 Å². The van der Waals surface area contributed by atoms with Gasteiger partial charge in [-0.1, -0.05) is 18.9 Å². The third-order valence-electron chi connectivity index (χ3n) is 4.95. The fraction of sp³-hybridized carbons (Fsp3) is 0.389. The van der Waals surface area contributed by atoms with Crippen LogP contribution < -0.4 is 5.32 Å². The minimum atomic E-state index is -4.42. The lowest BCUT2D eigenvalue weighted by Crippen LogP contribution is -2.41. The van der Waals surface area contributed by atoms with Gasteiger partial charge in [0.05, 0.1) is 29.6 Å². The number of tetrazole rings is 1. The van der Waals surface area contributed by atoms with Gasteiger partial charge < -0.3 is 4.42 Å². The summed E-state index contributed by atoms with van der Waals surface area (Å²) in [4.78, 5) is 0. The fourth-order valence-electron chi connectivity index (χ4n) is 3.60. The van der Waals surface area contributed by atoms with Crippen molar-refractivity contribution < 1.29 is 17.6 Å². The predicted molar refractivity (Wildman–Crippen MR) is 89.8 cm³/mol. The molecule has 0 amide bonds. The van der Waals surface area contributed by atoms with Crippen LogP contribution in [0.25, 0.3) is 5.69 Å². The summed E-state index contributed by atoms with van der Waals surface area (Å²) in [7, 11) is 0. The van der Waals surface area contributed by atoms with E-state index in [-0.39, 0.29) is 5.69 Å². The van der Waals surface area contributed by atoms with Crippen molar-refractivity contribution >= 4 is 0 Å². The van der Waals surface area contributed by atoms with Gasteiger partial charge in [-0.05, 0) is 53.6 Å². The first kappa shape index (κ1) is 17.7. The number of aromatic nitrogens is 4. The Balaban J connectivity index is 1.69. The zero-order valence-corrected chi connectivity index (χ0v) is 14.4. The van der Waals surface area contributed by atoms with Gasteiger partial charge in [0.15, 0.2) is 5.82 Å². The van der Waals surface area contributed by atoms with Gasteiger partial charge in [-0.25, -0.2) is 0 Å². The molecule has 0 aliphatic heterocycles. The summed E-state index contributed by atoms with van der Waals surface area (Å²) in [5, 5.41) is 15.4. The highest BCUT2D eigenvalue weighted by Gasteiger charge is 2.41. The lowest BCUT2D eigenvalue weighted by molar-refractivity contribution is -0.137. The van der Waals surface area contributed by atoms with Gasteiger partial charge in [-0.2, -0.15) is 17.9 Å². The van der Waals surface area contributed by atoms with Crippen LogP contribution in [0.15, 0.2) is 47.1 Å². The van der Waals surface area contributed by atoms with Crippen LogP contribution in [-0.4, -0.2) is 20.2 Å². The average Bonchev–Trinajstić information content (AvgIpc) is 3.40. The molecule has 0 spiro atoms. The third-order valence-corrected chi connectivity index (χ3v) is 4.95. The largest absolute Gasteiger partial charge is 0.468 e. The number of halogens is 3. The monoisotopic (exact) mass is 377 g/mol. The summed E-state index contributed by atoms with van der Waals surface area (Å²) in [5.74, 6) is 1.30. The van der Waals surface area contributed by atoms with Gasteiger partial charge >= 0.3 is 6.18 Å². The van der Waals surface area contributed by atoms with Crippen molar-refractivity contribution in [2.75, 3.05) is 0 Å². The zero-order valence-electron chi connectivity index (χ0n) is 14.4. The van der Waals surface area contributed by atoms with Gasteiger partial charge in [0.25, 0.3) is 0 Å². The molecule has 3 aromatic rings. The molecule has 142 valence electrons. The first-order chi connectivity index (χ1) is 13.0. The lowest BCUT2D eigenvalue weighted by Gasteiger charge is -2.28. The highest BCUT2D eigenvalue weighted by Crippen LogP contribution is 2.39. The van der Waals surface area contributed by atoms with Crippen LogP contribution in [0.1, 0.15) is 42.8 Å². The van der Waals surface area contributed by atoms with Gasteiger partial charge in [-0.15, -0.1) is 5.10 Å². The molecule has 1 saturated carbocycles. The number of benzene rings is 1. The Morgan fingerprint density at radius 3 is 2.67 bits per heavy atom. The SMILES string of the molecule is FC(F)(F)c1cccc(-n2nnnc2C2(NCc3ccco3)CCCC2)c1. The van der Waals surface area contributed by atoms with Crippen molar-refractivity contribution in [1.82, 2.24) is 25.5 Å². The quantitative estimate of drug-likeness (QED) is 0.732. The van der Waals surface area contributed by atoms with E-state index >= 15 is 0 Å². The molecule has 1 aromatic carbocycles. The Kier molecular flexibility index (Phi) is 4.47. The molecule has 1 N–H and O–H groups in total. The third kappa shape index (κ3) is 3.46. The Morgan fingerprint density at radius 2 is 1.96 bits per heavy atom. The topological polar surface area (TPSA) is 68.8 Å². The van der Waals surface area contributed by atoms with Gasteiger partial charge in [-0.3, -0.25) is 5.32 Å². The van der Waals surface area contributed by atoms with Crippen molar-refractivity contribution in [2.24, 2.45) is 0 Å². The van der Waals surface area contributed by atoms with Crippen LogP contribution in [0.3, 0.4) is 0 Å². The normalized spacial score (nSPS) is 16.7. The maximum absolute atomic E-state index is 13.1. The molecule has 1 fully saturated rings. The first-order valence-electron chi connectivity index (χ1n) is 8.72. The number of alkyl halides is 3. The molecule has 0 atom stereocenters. The van der Waals surface area contributed by atoms with Crippen LogP contribution >= 0.6 is 0 Å². The van der Waals surface area contributed by atoms with Crippen molar-refractivity contribution in [3.8, 4) is 5.69 Å². The molecule has 1 aliphatic carbocycles. The molecule has 0 saturated heterocycles. The molecular formula is C18H18F3N5O. The number of hydrogen-bond donors (Lipinski definition) is 1. The number of furan rings is 1. The lowest BCUT2D eigenvalue weighted by atomic mass is 9.96. The van der Waals surface area contributed by atoms with E-state index in [1.54, 1.807) is 12.3 Å². The van der Waals surface area contributed by atoms with Crippen molar-refractivity contribution in [2.45, 2.75) is 43.9 Å². The van der Waals surface area contributed by atoms with Crippen molar-refractivity contribution in [3.05, 3.63) is 59.8 Å². The average molecular weight is 377 g/mol. The van der Waals surface area contributed by atoms with E-state index in [0.29, 0.717) is 12.4 Å². The van der Waals surface area contributed by atoms with Crippen LogP contribution in [0.5, 0.6) is 0 Å². The first-order valence-corrected chi connectivity index (χ1v) is 8.72. The fourth-order valence-corrected chi connectivity index (χ4v) is 3.60. The van der Waals surface area contributed by atoms with Crippen molar-refractivity contribution in [1.29, 1.82) is 0 Å². The Morgan fingerprint density at radius 1 is 1.15 bits per heavy atom. The molecule has 2 aromatic heterocycles. The minimum Gasteiger partial charge on any atom is -0.468 e. The summed E-state index contributed by atoms with van der Waals surface area (Å²) in [5.41, 5.74) is -0.953. The van der Waals surface area contributed by atoms with Crippen LogP contribution in [0, 0.1) is 0 Å². The Bertz CT molecular complexity index is 898. The van der Waals surface area contributed by atoms with E-state index in [0.717, 1.165) is 43.6 Å². The van der Waals surface area contributed by atoms with E-state index < -0.39 is 17.3 Å². The smallest absolute Gasteiger partial charge is 0.416 e. The van der Waals surface area contributed by atoms with Crippen LogP contribution in [0.4, 0.5) is 13.2 Å². The summed E-state index contributed by atoms with van der Waals surface area (Å²) < 4.78 is 46.0. The second kappa shape index (κ2) is 6.80. The second-order valence-electron chi connectivity index (χ2n) is 6.68. The molecule has 0 unspecified atom stereocenters. The highest BCUT2D eigenvalue weighted by atomic mass is 19.4. The Labute approximate surface area is 153 Å². The van der Waals surface area contributed by atoms with Crippen molar-refractivity contribution in [3.63, 3.8) is 0 Å². The summed E-state index contributed by atoms with van der Waals surface area (Å²) in [6, 6.07) is 8.71. The predicted octanol–water partition coefficient (Wildman–Crippen LogP) is 3.83. The van der Waals surface area contributed by atoms with E-state index in [2.05, 4.69) is 20.8 Å². The van der Waals surface area contributed by atoms with E-state index in [1.807, 2.05) is 12.1 Å². The van der Waals surface area contributed by atoms with Crippen LogP contribution in [-0.2, 0) is 18.3 Å². The summed E-state index contributed by atoms with van der Waals surface area (Å²) >= 11 is 0. The van der Waals surface area contributed by atoms with Gasteiger partial charge in [0, 0.05) is 0 Å².